The predicted molar refractivity (Wildman–Crippen MR) is 72.2 cm³/mol. The molecule has 0 aromatic carbocycles. The number of ether oxygens (including phenoxy) is 2. The standard InChI is InChI=1S/C12H26N2O9/c1-8(6-7-20-11(15)21-12(3,4)5)10(23-14(18)19)9(2)22-13(16)17/h8-10,16-19H,6-7H2,1-5H3/t8?,9-,10-/m1/s1. The smallest absolute Gasteiger partial charge is 0.434 e. The Morgan fingerprint density at radius 3 is 2.00 bits per heavy atom. The highest BCUT2D eigenvalue weighted by Gasteiger charge is 2.30. The Labute approximate surface area is 134 Å². The summed E-state index contributed by atoms with van der Waals surface area (Å²) in [6, 6.07) is 0. The summed E-state index contributed by atoms with van der Waals surface area (Å²) in [5.41, 5.74) is -0.670. The zero-order valence-corrected chi connectivity index (χ0v) is 13.9. The Hall–Kier alpha value is -1.05. The molecule has 0 saturated carbocycles. The molecule has 11 nitrogen and oxygen atoms in total. The fourth-order valence-corrected chi connectivity index (χ4v) is 1.74. The zero-order chi connectivity index (χ0) is 18.2. The molecule has 0 amide bonds. The quantitative estimate of drug-likeness (QED) is 0.359. The van der Waals surface area contributed by atoms with Crippen LogP contribution in [0.3, 0.4) is 0 Å². The van der Waals surface area contributed by atoms with E-state index in [4.69, 9.17) is 35.1 Å². The van der Waals surface area contributed by atoms with Crippen molar-refractivity contribution in [1.29, 1.82) is 0 Å². The molecule has 0 heterocycles. The van der Waals surface area contributed by atoms with Crippen LogP contribution in [0.1, 0.15) is 41.0 Å². The molecule has 0 aromatic heterocycles. The van der Waals surface area contributed by atoms with E-state index in [0.29, 0.717) is 0 Å². The van der Waals surface area contributed by atoms with Gasteiger partial charge in [0.1, 0.15) is 17.8 Å². The van der Waals surface area contributed by atoms with E-state index >= 15 is 0 Å². The highest BCUT2D eigenvalue weighted by Crippen LogP contribution is 2.19. The van der Waals surface area contributed by atoms with Crippen LogP contribution in [-0.4, -0.2) is 62.2 Å². The van der Waals surface area contributed by atoms with Gasteiger partial charge in [0.05, 0.1) is 17.4 Å². The van der Waals surface area contributed by atoms with Crippen molar-refractivity contribution >= 4 is 6.16 Å². The first-order valence-corrected chi connectivity index (χ1v) is 6.97. The molecular formula is C12H26N2O9. The van der Waals surface area contributed by atoms with E-state index in [1.54, 1.807) is 27.7 Å². The molecule has 0 radical (unpaired) electrons. The van der Waals surface area contributed by atoms with Gasteiger partial charge in [-0.2, -0.15) is 0 Å². The second-order valence-corrected chi connectivity index (χ2v) is 5.96. The highest BCUT2D eigenvalue weighted by atomic mass is 17.1. The molecule has 0 rings (SSSR count). The SMILES string of the molecule is CC(CCOC(=O)OC(C)(C)C)[C@@H](ON(O)O)[C@@H](C)ON(O)O. The van der Waals surface area contributed by atoms with Crippen LogP contribution >= 0.6 is 0 Å². The van der Waals surface area contributed by atoms with Gasteiger partial charge in [-0.05, 0) is 40.0 Å². The maximum atomic E-state index is 11.4. The Morgan fingerprint density at radius 1 is 1.04 bits per heavy atom. The van der Waals surface area contributed by atoms with Crippen molar-refractivity contribution < 1.29 is 44.8 Å². The van der Waals surface area contributed by atoms with Gasteiger partial charge in [0.15, 0.2) is 0 Å². The van der Waals surface area contributed by atoms with E-state index in [0.717, 1.165) is 0 Å². The summed E-state index contributed by atoms with van der Waals surface area (Å²) in [7, 11) is 0. The Kier molecular flexibility index (Phi) is 9.49. The molecule has 4 N–H and O–H groups in total. The number of rotatable bonds is 9. The van der Waals surface area contributed by atoms with Gasteiger partial charge in [-0.25, -0.2) is 14.5 Å². The molecule has 23 heavy (non-hydrogen) atoms. The van der Waals surface area contributed by atoms with E-state index in [1.807, 2.05) is 0 Å². The topological polar surface area (TPSA) is 141 Å². The summed E-state index contributed by atoms with van der Waals surface area (Å²) in [6.45, 7) is 8.16. The van der Waals surface area contributed by atoms with Crippen molar-refractivity contribution in [2.24, 2.45) is 5.92 Å². The van der Waals surface area contributed by atoms with Gasteiger partial charge in [-0.15, -0.1) is 0 Å². The number of carbonyl (C=O) groups excluding carboxylic acids is 1. The first-order valence-electron chi connectivity index (χ1n) is 6.97. The lowest BCUT2D eigenvalue weighted by molar-refractivity contribution is -0.539. The summed E-state index contributed by atoms with van der Waals surface area (Å²) in [5, 5.41) is 33.8. The van der Waals surface area contributed by atoms with Crippen LogP contribution in [0.25, 0.3) is 0 Å². The minimum atomic E-state index is -0.978. The molecule has 11 heteroatoms. The first-order chi connectivity index (χ1) is 10.4. The second-order valence-electron chi connectivity index (χ2n) is 5.96. The van der Waals surface area contributed by atoms with Crippen molar-refractivity contribution in [3.63, 3.8) is 0 Å². The van der Waals surface area contributed by atoms with Crippen LogP contribution in [0.4, 0.5) is 4.79 Å². The lowest BCUT2D eigenvalue weighted by atomic mass is 9.97. The summed E-state index contributed by atoms with van der Waals surface area (Å²) in [4.78, 5) is 20.7. The summed E-state index contributed by atoms with van der Waals surface area (Å²) < 4.78 is 9.87. The lowest BCUT2D eigenvalue weighted by Gasteiger charge is -2.29. The molecule has 0 aromatic rings. The summed E-state index contributed by atoms with van der Waals surface area (Å²) in [6.07, 6.45) is -2.49. The fourth-order valence-electron chi connectivity index (χ4n) is 1.74. The van der Waals surface area contributed by atoms with Crippen LogP contribution in [0, 0.1) is 5.92 Å². The average Bonchev–Trinajstić information content (AvgIpc) is 2.32. The normalized spacial score (nSPS) is 16.3. The number of nitrogens with zero attached hydrogens (tertiary/aromatic N) is 2. The van der Waals surface area contributed by atoms with Gasteiger partial charge in [-0.1, -0.05) is 6.92 Å². The van der Waals surface area contributed by atoms with E-state index in [9.17, 15) is 4.79 Å². The third-order valence-corrected chi connectivity index (χ3v) is 2.68. The molecule has 0 aliphatic rings. The van der Waals surface area contributed by atoms with Gasteiger partial charge in [0.2, 0.25) is 0 Å². The molecule has 3 atom stereocenters. The van der Waals surface area contributed by atoms with Gasteiger partial charge in [0, 0.05) is 0 Å². The van der Waals surface area contributed by atoms with Crippen LogP contribution in [0.2, 0.25) is 0 Å². The van der Waals surface area contributed by atoms with Crippen LogP contribution in [0.15, 0.2) is 0 Å². The molecule has 0 aliphatic carbocycles. The molecular weight excluding hydrogens is 316 g/mol. The average molecular weight is 342 g/mol. The molecule has 0 fully saturated rings. The molecule has 138 valence electrons. The summed E-state index contributed by atoms with van der Waals surface area (Å²) in [5.74, 6) is -0.408. The van der Waals surface area contributed by atoms with Crippen molar-refractivity contribution in [2.75, 3.05) is 6.61 Å². The second kappa shape index (κ2) is 9.95. The third-order valence-electron chi connectivity index (χ3n) is 2.68. The highest BCUT2D eigenvalue weighted by molar-refractivity contribution is 5.60. The molecule has 0 aliphatic heterocycles. The largest absolute Gasteiger partial charge is 0.508 e. The van der Waals surface area contributed by atoms with Gasteiger partial charge < -0.3 is 9.47 Å². The Bertz CT molecular complexity index is 346. The van der Waals surface area contributed by atoms with Crippen molar-refractivity contribution in [2.45, 2.75) is 58.8 Å². The van der Waals surface area contributed by atoms with Crippen molar-refractivity contribution in [3.8, 4) is 0 Å². The Balaban J connectivity index is 4.43. The molecule has 1 unspecified atom stereocenters. The minimum absolute atomic E-state index is 0.0124. The zero-order valence-electron chi connectivity index (χ0n) is 13.9. The van der Waals surface area contributed by atoms with Crippen molar-refractivity contribution in [1.82, 2.24) is 10.8 Å². The predicted octanol–water partition coefficient (Wildman–Crippen LogP) is 1.75. The van der Waals surface area contributed by atoms with Crippen LogP contribution < -0.4 is 0 Å². The van der Waals surface area contributed by atoms with E-state index in [1.165, 1.54) is 6.92 Å². The molecule has 0 bridgehead atoms. The molecule has 0 spiro atoms. The van der Waals surface area contributed by atoms with Gasteiger partial charge in [0.25, 0.3) is 0 Å². The van der Waals surface area contributed by atoms with Gasteiger partial charge >= 0.3 is 6.16 Å². The summed E-state index contributed by atoms with van der Waals surface area (Å²) >= 11 is 0. The maximum Gasteiger partial charge on any atom is 0.508 e. The third kappa shape index (κ3) is 11.2. The number of carbonyl (C=O) groups is 1. The van der Waals surface area contributed by atoms with Gasteiger partial charge in [-0.3, -0.25) is 20.8 Å². The van der Waals surface area contributed by atoms with E-state index < -0.39 is 40.7 Å². The number of hydrogen-bond acceptors (Lipinski definition) is 11. The molecule has 0 saturated heterocycles. The first kappa shape index (κ1) is 21.9. The fraction of sp³-hybridized carbons (Fsp3) is 0.917. The van der Waals surface area contributed by atoms with E-state index in [2.05, 4.69) is 4.84 Å². The van der Waals surface area contributed by atoms with E-state index in [-0.39, 0.29) is 13.0 Å². The minimum Gasteiger partial charge on any atom is -0.434 e. The monoisotopic (exact) mass is 342 g/mol. The van der Waals surface area contributed by atoms with Crippen LogP contribution in [-0.2, 0) is 19.1 Å². The lowest BCUT2D eigenvalue weighted by Crippen LogP contribution is -2.41. The van der Waals surface area contributed by atoms with Crippen LogP contribution in [0.5, 0.6) is 0 Å². The maximum absolute atomic E-state index is 11.4. The Morgan fingerprint density at radius 2 is 1.57 bits per heavy atom. The number of hydrogen-bond donors (Lipinski definition) is 4. The van der Waals surface area contributed by atoms with Crippen molar-refractivity contribution in [3.05, 3.63) is 0 Å².